The predicted octanol–water partition coefficient (Wildman–Crippen LogP) is 2.01. The molecule has 0 radical (unpaired) electrons. The van der Waals surface area contributed by atoms with Crippen LogP contribution in [0.1, 0.15) is 15.9 Å². The van der Waals surface area contributed by atoms with Crippen LogP contribution in [0.3, 0.4) is 0 Å². The van der Waals surface area contributed by atoms with Crippen LogP contribution >= 0.6 is 0 Å². The van der Waals surface area contributed by atoms with Crippen LogP contribution in [0, 0.1) is 0 Å². The van der Waals surface area contributed by atoms with Gasteiger partial charge >= 0.3 is 5.97 Å². The van der Waals surface area contributed by atoms with Gasteiger partial charge in [-0.05, 0) is 18.2 Å². The van der Waals surface area contributed by atoms with Crippen molar-refractivity contribution in [3.63, 3.8) is 0 Å². The third-order valence-corrected chi connectivity index (χ3v) is 2.38. The van der Waals surface area contributed by atoms with Crippen molar-refractivity contribution in [2.75, 3.05) is 11.9 Å². The van der Waals surface area contributed by atoms with Gasteiger partial charge in [-0.15, -0.1) is 0 Å². The topological polar surface area (TPSA) is 66.6 Å². The van der Waals surface area contributed by atoms with Gasteiger partial charge in [0.15, 0.2) is 0 Å². The summed E-state index contributed by atoms with van der Waals surface area (Å²) in [6.07, 6.45) is 4.78. The van der Waals surface area contributed by atoms with E-state index in [9.17, 15) is 4.79 Å². The molecule has 2 heterocycles. The molecule has 0 bridgehead atoms. The minimum absolute atomic E-state index is 0.193. The Labute approximate surface area is 98.3 Å². The number of nitrogens with zero attached hydrogens (tertiary/aromatic N) is 2. The van der Waals surface area contributed by atoms with Gasteiger partial charge in [-0.25, -0.2) is 9.78 Å². The summed E-state index contributed by atoms with van der Waals surface area (Å²) in [6.45, 7) is 0.549. The van der Waals surface area contributed by atoms with Crippen molar-refractivity contribution in [3.05, 3.63) is 48.0 Å². The van der Waals surface area contributed by atoms with Crippen LogP contribution in [0.25, 0.3) is 0 Å². The molecule has 2 aromatic heterocycles. The first kappa shape index (κ1) is 11.2. The number of rotatable bonds is 4. The molecule has 0 atom stereocenters. The first-order valence-electron chi connectivity index (χ1n) is 5.09. The second kappa shape index (κ2) is 4.69. The van der Waals surface area contributed by atoms with E-state index in [1.54, 1.807) is 36.7 Å². The minimum Gasteiger partial charge on any atom is -0.478 e. The number of carbonyl (C=O) groups is 1. The Balaban J connectivity index is 2.24. The van der Waals surface area contributed by atoms with Gasteiger partial charge in [0.05, 0.1) is 12.5 Å². The normalized spacial score (nSPS) is 10.2. The van der Waals surface area contributed by atoms with E-state index < -0.39 is 5.97 Å². The highest BCUT2D eigenvalue weighted by Crippen LogP contribution is 2.18. The van der Waals surface area contributed by atoms with Crippen LogP contribution < -0.4 is 4.90 Å². The van der Waals surface area contributed by atoms with Crippen molar-refractivity contribution in [2.24, 2.45) is 0 Å². The van der Waals surface area contributed by atoms with E-state index in [-0.39, 0.29) is 5.56 Å². The smallest absolute Gasteiger partial charge is 0.339 e. The first-order valence-corrected chi connectivity index (χ1v) is 5.09. The lowest BCUT2D eigenvalue weighted by Crippen LogP contribution is -2.20. The van der Waals surface area contributed by atoms with E-state index in [4.69, 9.17) is 9.52 Å². The molecule has 1 N–H and O–H groups in total. The number of pyridine rings is 1. The lowest BCUT2D eigenvalue weighted by Gasteiger charge is -2.18. The van der Waals surface area contributed by atoms with Gasteiger partial charge in [-0.1, -0.05) is 0 Å². The largest absolute Gasteiger partial charge is 0.478 e. The summed E-state index contributed by atoms with van der Waals surface area (Å²) in [4.78, 5) is 16.9. The molecule has 5 heteroatoms. The number of anilines is 1. The van der Waals surface area contributed by atoms with Crippen LogP contribution in [0.15, 0.2) is 41.3 Å². The predicted molar refractivity (Wildman–Crippen MR) is 62.0 cm³/mol. The molecular weight excluding hydrogens is 220 g/mol. The van der Waals surface area contributed by atoms with E-state index in [1.807, 2.05) is 6.07 Å². The van der Waals surface area contributed by atoms with Crippen molar-refractivity contribution in [2.45, 2.75) is 6.54 Å². The maximum atomic E-state index is 11.0. The Kier molecular flexibility index (Phi) is 3.09. The lowest BCUT2D eigenvalue weighted by molar-refractivity contribution is 0.0697. The summed E-state index contributed by atoms with van der Waals surface area (Å²) >= 11 is 0. The number of carboxylic acid groups (broad SMARTS) is 1. The third-order valence-electron chi connectivity index (χ3n) is 2.38. The Bertz CT molecular complexity index is 508. The van der Waals surface area contributed by atoms with Crippen molar-refractivity contribution < 1.29 is 14.3 Å². The van der Waals surface area contributed by atoms with E-state index in [1.165, 1.54) is 6.07 Å². The van der Waals surface area contributed by atoms with Gasteiger partial charge in [0.25, 0.3) is 0 Å². The molecule has 0 aliphatic rings. The highest BCUT2D eigenvalue weighted by atomic mass is 16.4. The number of hydrogen-bond acceptors (Lipinski definition) is 4. The average molecular weight is 232 g/mol. The van der Waals surface area contributed by atoms with E-state index >= 15 is 0 Å². The zero-order valence-electron chi connectivity index (χ0n) is 9.33. The van der Waals surface area contributed by atoms with Gasteiger partial charge in [0.1, 0.15) is 11.4 Å². The highest BCUT2D eigenvalue weighted by Gasteiger charge is 2.14. The van der Waals surface area contributed by atoms with E-state index in [2.05, 4.69) is 4.98 Å². The fraction of sp³-hybridized carbons (Fsp3) is 0.167. The molecule has 0 aliphatic carbocycles. The lowest BCUT2D eigenvalue weighted by atomic mass is 10.2. The second-order valence-electron chi connectivity index (χ2n) is 3.67. The SMILES string of the molecule is CN(Cc1ccoc1)c1ncccc1C(=O)O. The van der Waals surface area contributed by atoms with Crippen LogP contribution in [0.4, 0.5) is 5.82 Å². The molecule has 0 amide bonds. The van der Waals surface area contributed by atoms with Crippen molar-refractivity contribution in [3.8, 4) is 0 Å². The quantitative estimate of drug-likeness (QED) is 0.873. The zero-order valence-corrected chi connectivity index (χ0v) is 9.33. The molecule has 0 saturated heterocycles. The highest BCUT2D eigenvalue weighted by molar-refractivity contribution is 5.93. The van der Waals surface area contributed by atoms with Gasteiger partial charge < -0.3 is 14.4 Å². The summed E-state index contributed by atoms with van der Waals surface area (Å²) < 4.78 is 4.97. The number of aromatic carboxylic acids is 1. The molecule has 17 heavy (non-hydrogen) atoms. The molecule has 0 spiro atoms. The summed E-state index contributed by atoms with van der Waals surface area (Å²) in [5.74, 6) is -0.534. The summed E-state index contributed by atoms with van der Waals surface area (Å²) in [5.41, 5.74) is 1.16. The van der Waals surface area contributed by atoms with Gasteiger partial charge in [-0.2, -0.15) is 0 Å². The maximum Gasteiger partial charge on any atom is 0.339 e. The van der Waals surface area contributed by atoms with Crippen LogP contribution in [0.2, 0.25) is 0 Å². The standard InChI is InChI=1S/C12H12N2O3/c1-14(7-9-4-6-17-8-9)11-10(12(15)16)3-2-5-13-11/h2-6,8H,7H2,1H3,(H,15,16). The Morgan fingerprint density at radius 1 is 1.53 bits per heavy atom. The van der Waals surface area contributed by atoms with Crippen LogP contribution in [-0.2, 0) is 6.54 Å². The fourth-order valence-electron chi connectivity index (χ4n) is 1.60. The van der Waals surface area contributed by atoms with Crippen molar-refractivity contribution >= 4 is 11.8 Å². The van der Waals surface area contributed by atoms with Gasteiger partial charge in [0.2, 0.25) is 0 Å². The number of carboxylic acids is 1. The minimum atomic E-state index is -0.979. The Morgan fingerprint density at radius 2 is 2.35 bits per heavy atom. The maximum absolute atomic E-state index is 11.0. The average Bonchev–Trinajstić information content (AvgIpc) is 2.81. The monoisotopic (exact) mass is 232 g/mol. The summed E-state index contributed by atoms with van der Waals surface area (Å²) in [5, 5.41) is 9.06. The molecule has 0 saturated carbocycles. The number of aromatic nitrogens is 1. The Hall–Kier alpha value is -2.30. The molecule has 0 aliphatic heterocycles. The molecule has 5 nitrogen and oxygen atoms in total. The molecule has 0 aromatic carbocycles. The number of hydrogen-bond donors (Lipinski definition) is 1. The van der Waals surface area contributed by atoms with Crippen molar-refractivity contribution in [1.29, 1.82) is 0 Å². The van der Waals surface area contributed by atoms with E-state index in [0.29, 0.717) is 12.4 Å². The van der Waals surface area contributed by atoms with Crippen LogP contribution in [-0.4, -0.2) is 23.1 Å². The zero-order chi connectivity index (χ0) is 12.3. The Morgan fingerprint density at radius 3 is 3.00 bits per heavy atom. The molecule has 2 rings (SSSR count). The first-order chi connectivity index (χ1) is 8.18. The molecule has 0 fully saturated rings. The fourth-order valence-corrected chi connectivity index (χ4v) is 1.60. The molecular formula is C12H12N2O3. The molecule has 88 valence electrons. The van der Waals surface area contributed by atoms with Crippen LogP contribution in [0.5, 0.6) is 0 Å². The molecule has 2 aromatic rings. The third kappa shape index (κ3) is 2.44. The number of furan rings is 1. The van der Waals surface area contributed by atoms with E-state index in [0.717, 1.165) is 5.56 Å². The van der Waals surface area contributed by atoms with Gasteiger partial charge in [-0.3, -0.25) is 0 Å². The van der Waals surface area contributed by atoms with Crippen molar-refractivity contribution in [1.82, 2.24) is 4.98 Å². The summed E-state index contributed by atoms with van der Waals surface area (Å²) in [7, 11) is 1.79. The summed E-state index contributed by atoms with van der Waals surface area (Å²) in [6, 6.07) is 4.98. The second-order valence-corrected chi connectivity index (χ2v) is 3.67. The molecule has 0 unspecified atom stereocenters. The van der Waals surface area contributed by atoms with Gasteiger partial charge in [0, 0.05) is 25.4 Å².